The number of hydrogen-bond acceptors (Lipinski definition) is 2. The maximum Gasteiger partial charge on any atom is 0.0543 e. The van der Waals surface area contributed by atoms with Gasteiger partial charge in [0.15, 0.2) is 0 Å². The number of nitrogens with two attached hydrogens (primary N) is 1. The van der Waals surface area contributed by atoms with Gasteiger partial charge < -0.3 is 10.5 Å². The summed E-state index contributed by atoms with van der Waals surface area (Å²) in [5.74, 6) is 0.361. The fraction of sp³-hybridized carbons (Fsp3) is 0.778. The molecule has 0 bridgehead atoms. The molecule has 11 heavy (non-hydrogen) atoms. The van der Waals surface area contributed by atoms with Crippen LogP contribution >= 0.6 is 0 Å². The van der Waals surface area contributed by atoms with Crippen LogP contribution < -0.4 is 5.73 Å². The molecule has 2 N–H and O–H groups in total. The molecule has 0 amide bonds. The van der Waals surface area contributed by atoms with Crippen LogP contribution in [-0.2, 0) is 4.74 Å². The normalized spacial score (nSPS) is 17.1. The Morgan fingerprint density at radius 2 is 2.18 bits per heavy atom. The molecule has 0 aromatic carbocycles. The van der Waals surface area contributed by atoms with Crippen molar-refractivity contribution in [1.29, 1.82) is 0 Å². The van der Waals surface area contributed by atoms with E-state index in [0.717, 1.165) is 13.2 Å². The Balaban J connectivity index is 3.70. The molecule has 2 nitrogen and oxygen atoms in total. The van der Waals surface area contributed by atoms with Crippen LogP contribution in [0.1, 0.15) is 20.8 Å². The predicted molar refractivity (Wildman–Crippen MR) is 48.4 cm³/mol. The first-order valence-electron chi connectivity index (χ1n) is 4.18. The molecule has 0 aromatic heterocycles. The summed E-state index contributed by atoms with van der Waals surface area (Å²) in [6.07, 6.45) is 4.12. The van der Waals surface area contributed by atoms with Gasteiger partial charge in [0.2, 0.25) is 0 Å². The van der Waals surface area contributed by atoms with Crippen molar-refractivity contribution in [1.82, 2.24) is 0 Å². The monoisotopic (exact) mass is 157 g/mol. The molecule has 0 saturated carbocycles. The van der Waals surface area contributed by atoms with Gasteiger partial charge in [-0.1, -0.05) is 12.2 Å². The van der Waals surface area contributed by atoms with Gasteiger partial charge in [-0.15, -0.1) is 0 Å². The largest absolute Gasteiger partial charge is 0.381 e. The lowest BCUT2D eigenvalue weighted by molar-refractivity contribution is 0.118. The molecule has 0 aliphatic carbocycles. The van der Waals surface area contributed by atoms with E-state index in [1.54, 1.807) is 0 Å². The highest BCUT2D eigenvalue weighted by Gasteiger charge is 2.08. The summed E-state index contributed by atoms with van der Waals surface area (Å²) >= 11 is 0. The molecule has 1 unspecified atom stereocenters. The Morgan fingerprint density at radius 1 is 1.55 bits per heavy atom. The summed E-state index contributed by atoms with van der Waals surface area (Å²) in [4.78, 5) is 0. The van der Waals surface area contributed by atoms with Crippen LogP contribution in [0, 0.1) is 5.92 Å². The molecule has 66 valence electrons. The quantitative estimate of drug-likeness (QED) is 0.615. The topological polar surface area (TPSA) is 35.2 Å². The average Bonchev–Trinajstić information content (AvgIpc) is 1.97. The van der Waals surface area contributed by atoms with Gasteiger partial charge in [0.05, 0.1) is 6.61 Å². The van der Waals surface area contributed by atoms with Crippen LogP contribution in [0.5, 0.6) is 0 Å². The third kappa shape index (κ3) is 4.99. The molecule has 0 heterocycles. The zero-order chi connectivity index (χ0) is 8.69. The van der Waals surface area contributed by atoms with E-state index in [0.29, 0.717) is 5.92 Å². The van der Waals surface area contributed by atoms with Crippen molar-refractivity contribution in [2.45, 2.75) is 26.8 Å². The van der Waals surface area contributed by atoms with E-state index in [1.807, 2.05) is 26.8 Å². The minimum atomic E-state index is 0.178. The van der Waals surface area contributed by atoms with E-state index in [2.05, 4.69) is 6.08 Å². The summed E-state index contributed by atoms with van der Waals surface area (Å²) in [5, 5.41) is 0. The lowest BCUT2D eigenvalue weighted by Crippen LogP contribution is -2.28. The van der Waals surface area contributed by atoms with Crippen molar-refractivity contribution >= 4 is 0 Å². The van der Waals surface area contributed by atoms with Gasteiger partial charge in [0.25, 0.3) is 0 Å². The predicted octanol–water partition coefficient (Wildman–Crippen LogP) is 1.56. The first-order valence-corrected chi connectivity index (χ1v) is 4.18. The number of rotatable bonds is 5. The van der Waals surface area contributed by atoms with E-state index in [-0.39, 0.29) is 6.04 Å². The van der Waals surface area contributed by atoms with Gasteiger partial charge >= 0.3 is 0 Å². The molecule has 0 aromatic rings. The van der Waals surface area contributed by atoms with Crippen molar-refractivity contribution in [3.8, 4) is 0 Å². The third-order valence-electron chi connectivity index (χ3n) is 1.63. The van der Waals surface area contributed by atoms with Crippen molar-refractivity contribution < 1.29 is 4.74 Å². The molecule has 2 heteroatoms. The molecule has 0 aliphatic rings. The number of ether oxygens (including phenoxy) is 1. The summed E-state index contributed by atoms with van der Waals surface area (Å²) in [6, 6.07) is 0.178. The van der Waals surface area contributed by atoms with E-state index < -0.39 is 0 Å². The maximum absolute atomic E-state index is 5.73. The van der Waals surface area contributed by atoms with Crippen LogP contribution in [-0.4, -0.2) is 19.3 Å². The molecule has 0 aliphatic heterocycles. The van der Waals surface area contributed by atoms with Crippen molar-refractivity contribution in [2.75, 3.05) is 13.2 Å². The van der Waals surface area contributed by atoms with E-state index in [9.17, 15) is 0 Å². The zero-order valence-electron chi connectivity index (χ0n) is 7.71. The van der Waals surface area contributed by atoms with Crippen LogP contribution in [0.25, 0.3) is 0 Å². The highest BCUT2D eigenvalue weighted by atomic mass is 16.5. The molecule has 0 saturated heterocycles. The average molecular weight is 157 g/mol. The summed E-state index contributed by atoms with van der Waals surface area (Å²) < 4.78 is 5.28. The minimum absolute atomic E-state index is 0.178. The molecule has 2 atom stereocenters. The number of allylic oxidation sites excluding steroid dienone is 1. The van der Waals surface area contributed by atoms with Gasteiger partial charge in [-0.3, -0.25) is 0 Å². The zero-order valence-corrected chi connectivity index (χ0v) is 7.71. The van der Waals surface area contributed by atoms with Gasteiger partial charge in [0, 0.05) is 18.6 Å². The molecule has 0 rings (SSSR count). The fourth-order valence-corrected chi connectivity index (χ4v) is 0.884. The molecule has 0 radical (unpaired) electrons. The highest BCUT2D eigenvalue weighted by Crippen LogP contribution is 2.03. The van der Waals surface area contributed by atoms with Crippen LogP contribution in [0.3, 0.4) is 0 Å². The van der Waals surface area contributed by atoms with Gasteiger partial charge in [-0.05, 0) is 20.8 Å². The third-order valence-corrected chi connectivity index (χ3v) is 1.63. The lowest BCUT2D eigenvalue weighted by atomic mass is 10.0. The Bertz CT molecular complexity index is 110. The van der Waals surface area contributed by atoms with Gasteiger partial charge in [0.1, 0.15) is 0 Å². The Morgan fingerprint density at radius 3 is 2.55 bits per heavy atom. The molecule has 0 spiro atoms. The van der Waals surface area contributed by atoms with Crippen molar-refractivity contribution in [3.05, 3.63) is 12.2 Å². The Hall–Kier alpha value is -0.340. The SMILES string of the molecule is C/C=C\[C@@H](COCC)C(C)N. The second-order valence-corrected chi connectivity index (χ2v) is 2.71. The standard InChI is InChI=1S/C9H19NO/c1-4-6-9(8(3)10)7-11-5-2/h4,6,8-9H,5,7,10H2,1-3H3/b6-4-/t8?,9-/m0/s1. The van der Waals surface area contributed by atoms with E-state index >= 15 is 0 Å². The Kier molecular flexibility index (Phi) is 6.18. The lowest BCUT2D eigenvalue weighted by Gasteiger charge is -2.15. The summed E-state index contributed by atoms with van der Waals surface area (Å²) in [6.45, 7) is 7.50. The van der Waals surface area contributed by atoms with Crippen LogP contribution in [0.15, 0.2) is 12.2 Å². The first-order chi connectivity index (χ1) is 5.22. The van der Waals surface area contributed by atoms with E-state index in [1.165, 1.54) is 0 Å². The summed E-state index contributed by atoms with van der Waals surface area (Å²) in [7, 11) is 0. The molecular weight excluding hydrogens is 138 g/mol. The highest BCUT2D eigenvalue weighted by molar-refractivity contribution is 4.89. The Labute approximate surface area is 69.4 Å². The second kappa shape index (κ2) is 6.38. The van der Waals surface area contributed by atoms with E-state index in [4.69, 9.17) is 10.5 Å². The minimum Gasteiger partial charge on any atom is -0.381 e. The summed E-state index contributed by atoms with van der Waals surface area (Å²) in [5.41, 5.74) is 5.73. The molecular formula is C9H19NO. The van der Waals surface area contributed by atoms with Crippen molar-refractivity contribution in [3.63, 3.8) is 0 Å². The smallest absolute Gasteiger partial charge is 0.0543 e. The first kappa shape index (κ1) is 10.7. The van der Waals surface area contributed by atoms with Crippen LogP contribution in [0.2, 0.25) is 0 Å². The number of hydrogen-bond donors (Lipinski definition) is 1. The second-order valence-electron chi connectivity index (χ2n) is 2.71. The van der Waals surface area contributed by atoms with Gasteiger partial charge in [-0.2, -0.15) is 0 Å². The van der Waals surface area contributed by atoms with Crippen molar-refractivity contribution in [2.24, 2.45) is 11.7 Å². The maximum atomic E-state index is 5.73. The van der Waals surface area contributed by atoms with Crippen LogP contribution in [0.4, 0.5) is 0 Å². The van der Waals surface area contributed by atoms with Gasteiger partial charge in [-0.25, -0.2) is 0 Å². The molecule has 0 fully saturated rings. The fourth-order valence-electron chi connectivity index (χ4n) is 0.884.